The molecule has 0 bridgehead atoms. The van der Waals surface area contributed by atoms with E-state index in [0.29, 0.717) is 33.4 Å². The molecule has 1 N–H and O–H groups in total. The summed E-state index contributed by atoms with van der Waals surface area (Å²) in [6, 6.07) is 12.4. The maximum absolute atomic E-state index is 11.9. The van der Waals surface area contributed by atoms with Crippen LogP contribution in [-0.4, -0.2) is 20.9 Å². The smallest absolute Gasteiger partial charge is 0.339 e. The lowest BCUT2D eigenvalue weighted by Crippen LogP contribution is -2.05. The quantitative estimate of drug-likeness (QED) is 0.553. The van der Waals surface area contributed by atoms with Gasteiger partial charge in [0.05, 0.1) is 11.4 Å². The molecule has 0 saturated heterocycles. The summed E-state index contributed by atoms with van der Waals surface area (Å²) in [6.07, 6.45) is 0.509. The Morgan fingerprint density at radius 2 is 1.88 bits per heavy atom. The SMILES string of the molecule is CCc1c(C(=O)O)c(-c2cc(Cl)cc(Cl)c2)nn1-c1cccc(Br)c1. The highest BCUT2D eigenvalue weighted by Crippen LogP contribution is 2.32. The first-order chi connectivity index (χ1) is 11.9. The predicted molar refractivity (Wildman–Crippen MR) is 103 cm³/mol. The van der Waals surface area contributed by atoms with E-state index >= 15 is 0 Å². The Kier molecular flexibility index (Phi) is 5.18. The first-order valence-electron chi connectivity index (χ1n) is 7.48. The standard InChI is InChI=1S/C18H13BrCl2N2O2/c1-2-15-16(18(24)25)17(10-6-12(20)9-13(21)7-10)22-23(15)14-5-3-4-11(19)8-14/h3-9H,2H2,1H3,(H,24,25). The summed E-state index contributed by atoms with van der Waals surface area (Å²) in [5, 5.41) is 15.2. The molecule has 7 heteroatoms. The van der Waals surface area contributed by atoms with Crippen molar-refractivity contribution in [2.24, 2.45) is 0 Å². The normalized spacial score (nSPS) is 10.9. The number of benzene rings is 2. The highest BCUT2D eigenvalue weighted by Gasteiger charge is 2.24. The van der Waals surface area contributed by atoms with E-state index in [9.17, 15) is 9.90 Å². The van der Waals surface area contributed by atoms with Crippen molar-refractivity contribution in [1.82, 2.24) is 9.78 Å². The summed E-state index contributed by atoms with van der Waals surface area (Å²) >= 11 is 15.6. The highest BCUT2D eigenvalue weighted by molar-refractivity contribution is 9.10. The van der Waals surface area contributed by atoms with Crippen molar-refractivity contribution in [3.8, 4) is 16.9 Å². The molecular weight excluding hydrogens is 427 g/mol. The predicted octanol–water partition coefficient (Wildman–Crippen LogP) is 5.87. The highest BCUT2D eigenvalue weighted by atomic mass is 79.9. The number of aromatic nitrogens is 2. The number of aromatic carboxylic acids is 1. The molecule has 128 valence electrons. The van der Waals surface area contributed by atoms with E-state index in [2.05, 4.69) is 21.0 Å². The molecule has 3 rings (SSSR count). The molecule has 25 heavy (non-hydrogen) atoms. The molecule has 4 nitrogen and oxygen atoms in total. The molecule has 0 aliphatic carbocycles. The van der Waals surface area contributed by atoms with E-state index in [-0.39, 0.29) is 5.56 Å². The number of carboxylic acid groups (broad SMARTS) is 1. The van der Waals surface area contributed by atoms with E-state index in [0.717, 1.165) is 10.2 Å². The Morgan fingerprint density at radius 3 is 2.44 bits per heavy atom. The third-order valence-electron chi connectivity index (χ3n) is 3.72. The van der Waals surface area contributed by atoms with Gasteiger partial charge >= 0.3 is 5.97 Å². The zero-order chi connectivity index (χ0) is 18.1. The van der Waals surface area contributed by atoms with Gasteiger partial charge in [-0.25, -0.2) is 9.48 Å². The molecule has 0 radical (unpaired) electrons. The Balaban J connectivity index is 2.31. The van der Waals surface area contributed by atoms with Gasteiger partial charge in [-0.2, -0.15) is 5.10 Å². The van der Waals surface area contributed by atoms with Crippen LogP contribution in [0.3, 0.4) is 0 Å². The van der Waals surface area contributed by atoms with Gasteiger partial charge in [0.15, 0.2) is 0 Å². The maximum atomic E-state index is 11.9. The van der Waals surface area contributed by atoms with Crippen molar-refractivity contribution in [3.05, 3.63) is 68.2 Å². The summed E-state index contributed by atoms with van der Waals surface area (Å²) in [6.45, 7) is 1.90. The van der Waals surface area contributed by atoms with Crippen LogP contribution in [0.15, 0.2) is 46.9 Å². The molecule has 2 aromatic carbocycles. The van der Waals surface area contributed by atoms with Gasteiger partial charge in [0, 0.05) is 20.1 Å². The van der Waals surface area contributed by atoms with Crippen molar-refractivity contribution in [1.29, 1.82) is 0 Å². The summed E-state index contributed by atoms with van der Waals surface area (Å²) < 4.78 is 2.53. The second kappa shape index (κ2) is 7.20. The van der Waals surface area contributed by atoms with Gasteiger partial charge in [-0.1, -0.05) is 52.1 Å². The van der Waals surface area contributed by atoms with E-state index in [1.54, 1.807) is 22.9 Å². The molecule has 0 saturated carbocycles. The van der Waals surface area contributed by atoms with Gasteiger partial charge < -0.3 is 5.11 Å². The first kappa shape index (κ1) is 18.0. The Labute approximate surface area is 163 Å². The summed E-state index contributed by atoms with van der Waals surface area (Å²) in [4.78, 5) is 11.9. The molecule has 3 aromatic rings. The first-order valence-corrected chi connectivity index (χ1v) is 9.03. The summed E-state index contributed by atoms with van der Waals surface area (Å²) in [5.74, 6) is -1.04. The lowest BCUT2D eigenvalue weighted by Gasteiger charge is -2.06. The minimum absolute atomic E-state index is 0.154. The van der Waals surface area contributed by atoms with Crippen molar-refractivity contribution >= 4 is 45.1 Å². The molecule has 1 heterocycles. The number of carboxylic acids is 1. The fraction of sp³-hybridized carbons (Fsp3) is 0.111. The van der Waals surface area contributed by atoms with Gasteiger partial charge in [-0.05, 0) is 42.8 Å². The van der Waals surface area contributed by atoms with Crippen LogP contribution >= 0.6 is 39.1 Å². The average Bonchev–Trinajstić information content (AvgIpc) is 2.93. The number of halogens is 3. The van der Waals surface area contributed by atoms with E-state index in [4.69, 9.17) is 23.2 Å². The number of carbonyl (C=O) groups is 1. The van der Waals surface area contributed by atoms with Crippen molar-refractivity contribution in [2.45, 2.75) is 13.3 Å². The Morgan fingerprint density at radius 1 is 1.20 bits per heavy atom. The summed E-state index contributed by atoms with van der Waals surface area (Å²) in [7, 11) is 0. The van der Waals surface area contributed by atoms with Crippen molar-refractivity contribution in [3.63, 3.8) is 0 Å². The zero-order valence-electron chi connectivity index (χ0n) is 13.1. The van der Waals surface area contributed by atoms with Crippen LogP contribution < -0.4 is 0 Å². The minimum Gasteiger partial charge on any atom is -0.478 e. The van der Waals surface area contributed by atoms with E-state index in [1.165, 1.54) is 0 Å². The molecule has 0 fully saturated rings. The Bertz CT molecular complexity index is 949. The topological polar surface area (TPSA) is 55.1 Å². The van der Waals surface area contributed by atoms with Crippen LogP contribution in [0, 0.1) is 0 Å². The second-order valence-corrected chi connectivity index (χ2v) is 7.17. The van der Waals surface area contributed by atoms with Gasteiger partial charge in [0.2, 0.25) is 0 Å². The monoisotopic (exact) mass is 438 g/mol. The van der Waals surface area contributed by atoms with Crippen LogP contribution in [0.25, 0.3) is 16.9 Å². The van der Waals surface area contributed by atoms with Gasteiger partial charge in [0.25, 0.3) is 0 Å². The van der Waals surface area contributed by atoms with Gasteiger partial charge in [-0.3, -0.25) is 0 Å². The maximum Gasteiger partial charge on any atom is 0.339 e. The summed E-state index contributed by atoms with van der Waals surface area (Å²) in [5.41, 5.74) is 2.44. The van der Waals surface area contributed by atoms with E-state index < -0.39 is 5.97 Å². The molecule has 0 aliphatic rings. The van der Waals surface area contributed by atoms with Gasteiger partial charge in [0.1, 0.15) is 11.3 Å². The van der Waals surface area contributed by atoms with Gasteiger partial charge in [-0.15, -0.1) is 0 Å². The average molecular weight is 440 g/mol. The van der Waals surface area contributed by atoms with Crippen LogP contribution in [-0.2, 0) is 6.42 Å². The molecule has 0 atom stereocenters. The van der Waals surface area contributed by atoms with E-state index in [1.807, 2.05) is 31.2 Å². The van der Waals surface area contributed by atoms with Crippen molar-refractivity contribution < 1.29 is 9.90 Å². The molecule has 0 spiro atoms. The number of rotatable bonds is 4. The molecule has 0 aliphatic heterocycles. The molecule has 1 aromatic heterocycles. The molecule has 0 amide bonds. The lowest BCUT2D eigenvalue weighted by molar-refractivity contribution is 0.0696. The molecular formula is C18H13BrCl2N2O2. The fourth-order valence-corrected chi connectivity index (χ4v) is 3.63. The van der Waals surface area contributed by atoms with Crippen LogP contribution in [0.1, 0.15) is 23.0 Å². The van der Waals surface area contributed by atoms with Crippen molar-refractivity contribution in [2.75, 3.05) is 0 Å². The van der Waals surface area contributed by atoms with Crippen LogP contribution in [0.5, 0.6) is 0 Å². The van der Waals surface area contributed by atoms with Crippen LogP contribution in [0.2, 0.25) is 10.0 Å². The fourth-order valence-electron chi connectivity index (χ4n) is 2.72. The molecule has 0 unspecified atom stereocenters. The number of hydrogen-bond donors (Lipinski definition) is 1. The largest absolute Gasteiger partial charge is 0.478 e. The third kappa shape index (κ3) is 3.59. The Hall–Kier alpha value is -1.82. The zero-order valence-corrected chi connectivity index (χ0v) is 16.2. The minimum atomic E-state index is -1.04. The number of nitrogens with zero attached hydrogens (tertiary/aromatic N) is 2. The number of hydrogen-bond acceptors (Lipinski definition) is 2. The third-order valence-corrected chi connectivity index (χ3v) is 4.65. The van der Waals surface area contributed by atoms with Crippen LogP contribution in [0.4, 0.5) is 0 Å². The lowest BCUT2D eigenvalue weighted by atomic mass is 10.0. The second-order valence-electron chi connectivity index (χ2n) is 5.38.